The molecule has 0 aliphatic carbocycles. The van der Waals surface area contributed by atoms with Crippen LogP contribution in [0.15, 0.2) is 24.3 Å². The molecule has 7 heteroatoms. The maximum atomic E-state index is 12.2. The Kier molecular flexibility index (Phi) is 5.26. The molecular weight excluding hydrogens is 304 g/mol. The molecule has 6 nitrogen and oxygen atoms in total. The quantitative estimate of drug-likeness (QED) is 0.784. The number of urea groups is 1. The predicted octanol–water partition coefficient (Wildman–Crippen LogP) is 1.43. The number of hydrogen-bond acceptors (Lipinski definition) is 3. The third-order valence-corrected chi connectivity index (χ3v) is 4.22. The number of hydrogen-bond donors (Lipinski definition) is 3. The van der Waals surface area contributed by atoms with Crippen LogP contribution >= 0.6 is 12.4 Å². The normalized spacial score (nSPS) is 19.0. The molecule has 3 rings (SSSR count). The van der Waals surface area contributed by atoms with E-state index in [-0.39, 0.29) is 30.3 Å². The lowest BCUT2D eigenvalue weighted by Gasteiger charge is -2.31. The van der Waals surface area contributed by atoms with E-state index in [0.717, 1.165) is 24.5 Å². The molecule has 22 heavy (non-hydrogen) atoms. The Balaban J connectivity index is 0.00000176. The number of nitrogens with one attached hydrogen (secondary N) is 3. The number of benzene rings is 1. The molecular formula is C15H21ClN4O2. The van der Waals surface area contributed by atoms with Crippen LogP contribution in [0.5, 0.6) is 0 Å². The van der Waals surface area contributed by atoms with Crippen LogP contribution in [-0.4, -0.2) is 38.1 Å². The second kappa shape index (κ2) is 6.98. The van der Waals surface area contributed by atoms with Crippen LogP contribution in [0, 0.1) is 11.8 Å². The van der Waals surface area contributed by atoms with Crippen molar-refractivity contribution in [2.45, 2.75) is 6.92 Å². The fraction of sp³-hybridized carbons (Fsp3) is 0.467. The lowest BCUT2D eigenvalue weighted by Crippen LogP contribution is -2.48. The van der Waals surface area contributed by atoms with Crippen LogP contribution in [0.2, 0.25) is 0 Å². The van der Waals surface area contributed by atoms with Gasteiger partial charge in [-0.25, -0.2) is 4.79 Å². The molecule has 0 spiro atoms. The fourth-order valence-corrected chi connectivity index (χ4v) is 2.60. The lowest BCUT2D eigenvalue weighted by molar-refractivity contribution is -0.121. The highest BCUT2D eigenvalue weighted by atomic mass is 35.5. The number of carbonyl (C=O) groups is 2. The van der Waals surface area contributed by atoms with Gasteiger partial charge < -0.3 is 16.0 Å². The minimum Gasteiger partial charge on any atom is -0.336 e. The summed E-state index contributed by atoms with van der Waals surface area (Å²) in [4.78, 5) is 25.6. The summed E-state index contributed by atoms with van der Waals surface area (Å²) < 4.78 is 0. The van der Waals surface area contributed by atoms with Gasteiger partial charge in [-0.05, 0) is 37.2 Å². The number of rotatable bonds is 4. The van der Waals surface area contributed by atoms with Gasteiger partial charge in [0.25, 0.3) is 0 Å². The summed E-state index contributed by atoms with van der Waals surface area (Å²) >= 11 is 0. The largest absolute Gasteiger partial charge is 0.336 e. The van der Waals surface area contributed by atoms with E-state index in [2.05, 4.69) is 16.0 Å². The summed E-state index contributed by atoms with van der Waals surface area (Å²) in [6.07, 6.45) is 0. The zero-order valence-corrected chi connectivity index (χ0v) is 13.3. The van der Waals surface area contributed by atoms with E-state index < -0.39 is 0 Å². The Morgan fingerprint density at radius 3 is 2.77 bits per heavy atom. The summed E-state index contributed by atoms with van der Waals surface area (Å²) in [5, 5.41) is 8.89. The Bertz CT molecular complexity index is 562. The van der Waals surface area contributed by atoms with E-state index in [9.17, 15) is 9.59 Å². The topological polar surface area (TPSA) is 73.5 Å². The third-order valence-electron chi connectivity index (χ3n) is 4.22. The van der Waals surface area contributed by atoms with Gasteiger partial charge in [0.1, 0.15) is 0 Å². The smallest absolute Gasteiger partial charge is 0.321 e. The number of amides is 3. The van der Waals surface area contributed by atoms with Gasteiger partial charge in [0.05, 0.1) is 0 Å². The highest BCUT2D eigenvalue weighted by molar-refractivity contribution is 5.96. The minimum atomic E-state index is -0.0904. The van der Waals surface area contributed by atoms with Gasteiger partial charge in [0.2, 0.25) is 5.91 Å². The fourth-order valence-electron chi connectivity index (χ4n) is 2.60. The van der Waals surface area contributed by atoms with E-state index in [0.29, 0.717) is 19.0 Å². The highest BCUT2D eigenvalue weighted by Gasteiger charge is 2.29. The Labute approximate surface area is 136 Å². The number of anilines is 2. The lowest BCUT2D eigenvalue weighted by atomic mass is 9.88. The van der Waals surface area contributed by atoms with E-state index in [1.54, 1.807) is 4.90 Å². The number of carbonyl (C=O) groups excluding carboxylic acids is 2. The molecule has 0 bridgehead atoms. The monoisotopic (exact) mass is 324 g/mol. The zero-order chi connectivity index (χ0) is 14.8. The Morgan fingerprint density at radius 2 is 2.18 bits per heavy atom. The van der Waals surface area contributed by atoms with Crippen molar-refractivity contribution < 1.29 is 9.59 Å². The molecule has 0 saturated carbocycles. The van der Waals surface area contributed by atoms with E-state index >= 15 is 0 Å². The van der Waals surface area contributed by atoms with Crippen LogP contribution in [0.3, 0.4) is 0 Å². The standard InChI is InChI=1S/C15H20N4O2.ClH/c1-10(11-8-16-9-11)14(20)18-12-3-2-4-13(7-12)19-6-5-17-15(19)21;/h2-4,7,10-11,16H,5-6,8-9H2,1H3,(H,17,21)(H,18,20);1H. The van der Waals surface area contributed by atoms with Crippen molar-refractivity contribution in [3.05, 3.63) is 24.3 Å². The molecule has 0 aromatic heterocycles. The molecule has 2 fully saturated rings. The zero-order valence-electron chi connectivity index (χ0n) is 12.5. The summed E-state index contributed by atoms with van der Waals surface area (Å²) in [5.41, 5.74) is 1.54. The first kappa shape index (κ1) is 16.6. The maximum Gasteiger partial charge on any atom is 0.321 e. The minimum absolute atomic E-state index is 0. The second-order valence-corrected chi connectivity index (χ2v) is 5.63. The molecule has 3 amide bonds. The highest BCUT2D eigenvalue weighted by Crippen LogP contribution is 2.23. The summed E-state index contributed by atoms with van der Waals surface area (Å²) in [7, 11) is 0. The van der Waals surface area contributed by atoms with E-state index in [4.69, 9.17) is 0 Å². The van der Waals surface area contributed by atoms with E-state index in [1.165, 1.54) is 0 Å². The van der Waals surface area contributed by atoms with Crippen LogP contribution in [0.1, 0.15) is 6.92 Å². The van der Waals surface area contributed by atoms with Crippen molar-refractivity contribution in [2.75, 3.05) is 36.4 Å². The SMILES string of the molecule is CC(C(=O)Nc1cccc(N2CCNC2=O)c1)C1CNC1.Cl. The van der Waals surface area contributed by atoms with Crippen LogP contribution in [0.25, 0.3) is 0 Å². The van der Waals surface area contributed by atoms with Crippen molar-refractivity contribution in [1.82, 2.24) is 10.6 Å². The molecule has 2 aliphatic rings. The van der Waals surface area contributed by atoms with Crippen molar-refractivity contribution in [1.29, 1.82) is 0 Å². The average Bonchev–Trinajstić information content (AvgIpc) is 2.83. The first-order chi connectivity index (χ1) is 10.1. The van der Waals surface area contributed by atoms with E-state index in [1.807, 2.05) is 31.2 Å². The van der Waals surface area contributed by atoms with Gasteiger partial charge in [-0.2, -0.15) is 0 Å². The second-order valence-electron chi connectivity index (χ2n) is 5.63. The third kappa shape index (κ3) is 3.34. The number of nitrogens with zero attached hydrogens (tertiary/aromatic N) is 1. The molecule has 3 N–H and O–H groups in total. The molecule has 2 heterocycles. The Morgan fingerprint density at radius 1 is 1.41 bits per heavy atom. The number of halogens is 1. The van der Waals surface area contributed by atoms with Crippen LogP contribution in [0.4, 0.5) is 16.2 Å². The van der Waals surface area contributed by atoms with Crippen molar-refractivity contribution in [3.8, 4) is 0 Å². The van der Waals surface area contributed by atoms with Crippen molar-refractivity contribution in [2.24, 2.45) is 11.8 Å². The van der Waals surface area contributed by atoms with Gasteiger partial charge in [-0.15, -0.1) is 12.4 Å². The molecule has 1 aromatic rings. The molecule has 0 radical (unpaired) electrons. The van der Waals surface area contributed by atoms with Gasteiger partial charge in [0.15, 0.2) is 0 Å². The predicted molar refractivity (Wildman–Crippen MR) is 88.6 cm³/mol. The molecule has 2 saturated heterocycles. The van der Waals surface area contributed by atoms with Gasteiger partial charge in [-0.3, -0.25) is 9.69 Å². The van der Waals surface area contributed by atoms with Crippen LogP contribution in [-0.2, 0) is 4.79 Å². The molecule has 1 aromatic carbocycles. The maximum absolute atomic E-state index is 12.2. The summed E-state index contributed by atoms with van der Waals surface area (Å²) in [6.45, 7) is 5.07. The first-order valence-electron chi connectivity index (χ1n) is 7.32. The molecule has 1 unspecified atom stereocenters. The average molecular weight is 325 g/mol. The molecule has 120 valence electrons. The van der Waals surface area contributed by atoms with Crippen molar-refractivity contribution in [3.63, 3.8) is 0 Å². The summed E-state index contributed by atoms with van der Waals surface area (Å²) in [6, 6.07) is 7.33. The van der Waals surface area contributed by atoms with Gasteiger partial charge in [-0.1, -0.05) is 13.0 Å². The Hall–Kier alpha value is -1.79. The first-order valence-corrected chi connectivity index (χ1v) is 7.32. The van der Waals surface area contributed by atoms with Gasteiger partial charge >= 0.3 is 6.03 Å². The summed E-state index contributed by atoms with van der Waals surface area (Å²) in [5.74, 6) is 0.437. The van der Waals surface area contributed by atoms with Crippen molar-refractivity contribution >= 4 is 35.7 Å². The van der Waals surface area contributed by atoms with Gasteiger partial charge in [0, 0.05) is 30.4 Å². The molecule has 1 atom stereocenters. The van der Waals surface area contributed by atoms with Crippen LogP contribution < -0.4 is 20.9 Å². The molecule has 2 aliphatic heterocycles.